The summed E-state index contributed by atoms with van der Waals surface area (Å²) in [6.45, 7) is 6.92. The zero-order valence-corrected chi connectivity index (χ0v) is 21.3. The zero-order valence-electron chi connectivity index (χ0n) is 20.5. The molecule has 0 unspecified atom stereocenters. The quantitative estimate of drug-likeness (QED) is 0.310. The Morgan fingerprint density at radius 1 is 1.03 bits per heavy atom. The highest BCUT2D eigenvalue weighted by molar-refractivity contribution is 7.92. The van der Waals surface area contributed by atoms with Crippen molar-refractivity contribution in [2.75, 3.05) is 11.3 Å². The lowest BCUT2D eigenvalue weighted by atomic mass is 10.0. The van der Waals surface area contributed by atoms with E-state index in [1.54, 1.807) is 54.7 Å². The van der Waals surface area contributed by atoms with E-state index >= 15 is 0 Å². The molecule has 0 aliphatic rings. The van der Waals surface area contributed by atoms with Crippen molar-refractivity contribution in [3.8, 4) is 11.6 Å². The van der Waals surface area contributed by atoms with Crippen molar-refractivity contribution in [2.24, 2.45) is 5.92 Å². The third kappa shape index (κ3) is 7.82. The van der Waals surface area contributed by atoms with Gasteiger partial charge in [0, 0.05) is 18.8 Å². The number of nitrogens with one attached hydrogen (secondary N) is 2. The second-order valence-corrected chi connectivity index (χ2v) is 10.5. The van der Waals surface area contributed by atoms with E-state index in [1.165, 1.54) is 0 Å². The molecular formula is C27H33N3O4S. The van der Waals surface area contributed by atoms with Crippen LogP contribution in [0.3, 0.4) is 0 Å². The molecule has 0 spiro atoms. The summed E-state index contributed by atoms with van der Waals surface area (Å²) >= 11 is 0. The van der Waals surface area contributed by atoms with Gasteiger partial charge in [0.05, 0.1) is 10.6 Å². The van der Waals surface area contributed by atoms with Crippen LogP contribution in [0.1, 0.15) is 56.0 Å². The Bertz CT molecular complexity index is 1230. The molecule has 0 saturated carbocycles. The van der Waals surface area contributed by atoms with Crippen LogP contribution in [0, 0.1) is 5.92 Å². The number of benzene rings is 2. The number of amides is 1. The number of hydrogen-bond acceptors (Lipinski definition) is 5. The molecule has 0 saturated heterocycles. The van der Waals surface area contributed by atoms with Gasteiger partial charge in [-0.3, -0.25) is 9.52 Å². The van der Waals surface area contributed by atoms with E-state index in [0.717, 1.165) is 31.2 Å². The van der Waals surface area contributed by atoms with Crippen LogP contribution in [-0.4, -0.2) is 25.9 Å². The number of anilines is 1. The highest BCUT2D eigenvalue weighted by Crippen LogP contribution is 2.27. The fourth-order valence-electron chi connectivity index (χ4n) is 3.54. The van der Waals surface area contributed by atoms with Crippen LogP contribution >= 0.6 is 0 Å². The second kappa shape index (κ2) is 12.4. The van der Waals surface area contributed by atoms with Crippen molar-refractivity contribution in [1.29, 1.82) is 0 Å². The van der Waals surface area contributed by atoms with E-state index in [1.807, 2.05) is 12.1 Å². The molecule has 8 heteroatoms. The first-order valence-corrected chi connectivity index (χ1v) is 13.4. The lowest BCUT2D eigenvalue weighted by Crippen LogP contribution is -2.25. The van der Waals surface area contributed by atoms with Gasteiger partial charge in [0.1, 0.15) is 11.3 Å². The molecule has 1 aromatic heterocycles. The van der Waals surface area contributed by atoms with Gasteiger partial charge in [-0.25, -0.2) is 13.4 Å². The maximum atomic E-state index is 12.9. The summed E-state index contributed by atoms with van der Waals surface area (Å²) in [5.41, 5.74) is 1.75. The Morgan fingerprint density at radius 2 is 1.80 bits per heavy atom. The normalized spacial score (nSPS) is 11.3. The monoisotopic (exact) mass is 495 g/mol. The number of rotatable bonds is 12. The lowest BCUT2D eigenvalue weighted by Gasteiger charge is -2.12. The summed E-state index contributed by atoms with van der Waals surface area (Å²) in [5.74, 6) is 0.740. The summed E-state index contributed by atoms with van der Waals surface area (Å²) < 4.78 is 34.2. The minimum Gasteiger partial charge on any atom is -0.438 e. The number of hydrogen-bond donors (Lipinski definition) is 2. The van der Waals surface area contributed by atoms with Crippen molar-refractivity contribution in [1.82, 2.24) is 10.3 Å². The van der Waals surface area contributed by atoms with Gasteiger partial charge in [-0.2, -0.15) is 0 Å². The van der Waals surface area contributed by atoms with Crippen molar-refractivity contribution in [3.63, 3.8) is 0 Å². The Morgan fingerprint density at radius 3 is 2.51 bits per heavy atom. The van der Waals surface area contributed by atoms with Crippen LogP contribution in [0.4, 0.5) is 5.69 Å². The van der Waals surface area contributed by atoms with Gasteiger partial charge in [0.25, 0.3) is 15.9 Å². The lowest BCUT2D eigenvalue weighted by molar-refractivity contribution is 0.0950. The molecular weight excluding hydrogens is 462 g/mol. The smallest absolute Gasteiger partial charge is 0.261 e. The van der Waals surface area contributed by atoms with Crippen LogP contribution in [-0.2, 0) is 16.4 Å². The molecule has 0 aliphatic carbocycles. The number of unbranched alkanes of at least 4 members (excludes halogenated alkanes) is 2. The minimum atomic E-state index is -3.77. The number of aromatic nitrogens is 1. The number of ether oxygens (including phenoxy) is 1. The van der Waals surface area contributed by atoms with Gasteiger partial charge in [0.15, 0.2) is 0 Å². The van der Waals surface area contributed by atoms with E-state index in [4.69, 9.17) is 4.74 Å². The van der Waals surface area contributed by atoms with Gasteiger partial charge >= 0.3 is 0 Å². The SMILES string of the molecule is CCCCCNC(=O)c1cccnc1Oc1cccc(NS(=O)(=O)c2ccc(CC(C)C)cc2)c1. The van der Waals surface area contributed by atoms with E-state index in [0.29, 0.717) is 29.5 Å². The van der Waals surface area contributed by atoms with Gasteiger partial charge in [-0.15, -0.1) is 0 Å². The highest BCUT2D eigenvalue weighted by atomic mass is 32.2. The van der Waals surface area contributed by atoms with Crippen LogP contribution in [0.5, 0.6) is 11.6 Å². The number of carbonyl (C=O) groups excluding carboxylic acids is 1. The summed E-state index contributed by atoms with van der Waals surface area (Å²) in [6.07, 6.45) is 5.45. The minimum absolute atomic E-state index is 0.154. The zero-order chi connectivity index (χ0) is 25.3. The Hall–Kier alpha value is -3.39. The van der Waals surface area contributed by atoms with Gasteiger partial charge in [-0.1, -0.05) is 51.8 Å². The molecule has 0 fully saturated rings. The maximum absolute atomic E-state index is 12.9. The largest absolute Gasteiger partial charge is 0.438 e. The number of pyridine rings is 1. The standard InChI is InChI=1S/C27H33N3O4S/c1-4-5-6-16-28-26(31)25-11-8-17-29-27(25)34-23-10-7-9-22(19-23)30-35(32,33)24-14-12-21(13-15-24)18-20(2)3/h7-15,17,19-20,30H,4-6,16,18H2,1-3H3,(H,28,31). The molecule has 2 N–H and O–H groups in total. The van der Waals surface area contributed by atoms with Crippen molar-refractivity contribution < 1.29 is 17.9 Å². The predicted octanol–water partition coefficient (Wildman–Crippen LogP) is 5.79. The van der Waals surface area contributed by atoms with E-state index < -0.39 is 10.0 Å². The fourth-order valence-corrected chi connectivity index (χ4v) is 4.59. The summed E-state index contributed by atoms with van der Waals surface area (Å²) in [7, 11) is -3.77. The molecule has 0 atom stereocenters. The number of carbonyl (C=O) groups is 1. The van der Waals surface area contributed by atoms with Crippen LogP contribution in [0.25, 0.3) is 0 Å². The highest BCUT2D eigenvalue weighted by Gasteiger charge is 2.17. The third-order valence-electron chi connectivity index (χ3n) is 5.26. The molecule has 35 heavy (non-hydrogen) atoms. The molecule has 186 valence electrons. The maximum Gasteiger partial charge on any atom is 0.261 e. The molecule has 7 nitrogen and oxygen atoms in total. The van der Waals surface area contributed by atoms with Gasteiger partial charge in [0.2, 0.25) is 5.88 Å². The Balaban J connectivity index is 1.71. The van der Waals surface area contributed by atoms with Crippen LogP contribution < -0.4 is 14.8 Å². The first kappa shape index (κ1) is 26.2. The first-order chi connectivity index (χ1) is 16.8. The molecule has 0 radical (unpaired) electrons. The van der Waals surface area contributed by atoms with Crippen molar-refractivity contribution in [3.05, 3.63) is 78.0 Å². The summed E-state index contributed by atoms with van der Waals surface area (Å²) in [6, 6.07) is 16.8. The van der Waals surface area contributed by atoms with Crippen molar-refractivity contribution in [2.45, 2.75) is 51.3 Å². The average Bonchev–Trinajstić information content (AvgIpc) is 2.82. The van der Waals surface area contributed by atoms with Crippen LogP contribution in [0.15, 0.2) is 71.8 Å². The van der Waals surface area contributed by atoms with E-state index in [-0.39, 0.29) is 16.7 Å². The number of sulfonamides is 1. The Kier molecular flexibility index (Phi) is 9.25. The van der Waals surface area contributed by atoms with E-state index in [9.17, 15) is 13.2 Å². The average molecular weight is 496 g/mol. The molecule has 2 aromatic carbocycles. The second-order valence-electron chi connectivity index (χ2n) is 8.80. The summed E-state index contributed by atoms with van der Waals surface area (Å²) in [4.78, 5) is 17.0. The molecule has 1 amide bonds. The molecule has 1 heterocycles. The first-order valence-electron chi connectivity index (χ1n) is 11.9. The van der Waals surface area contributed by atoms with E-state index in [2.05, 4.69) is 35.8 Å². The molecule has 0 bridgehead atoms. The predicted molar refractivity (Wildman–Crippen MR) is 138 cm³/mol. The van der Waals surface area contributed by atoms with Crippen molar-refractivity contribution >= 4 is 21.6 Å². The summed E-state index contributed by atoms with van der Waals surface area (Å²) in [5, 5.41) is 2.88. The van der Waals surface area contributed by atoms with Gasteiger partial charge in [-0.05, 0) is 60.7 Å². The Labute approximate surface area is 208 Å². The number of nitrogens with zero attached hydrogens (tertiary/aromatic N) is 1. The topological polar surface area (TPSA) is 97.4 Å². The third-order valence-corrected chi connectivity index (χ3v) is 6.66. The molecule has 0 aliphatic heterocycles. The molecule has 3 rings (SSSR count). The van der Waals surface area contributed by atoms with Gasteiger partial charge < -0.3 is 10.1 Å². The van der Waals surface area contributed by atoms with Crippen LogP contribution in [0.2, 0.25) is 0 Å². The fraction of sp³-hybridized carbons (Fsp3) is 0.333. The molecule has 3 aromatic rings.